The van der Waals surface area contributed by atoms with Crippen molar-refractivity contribution in [2.45, 2.75) is 57.7 Å². The first-order valence-corrected chi connectivity index (χ1v) is 6.86. The summed E-state index contributed by atoms with van der Waals surface area (Å²) in [5.41, 5.74) is 0. The van der Waals surface area contributed by atoms with Gasteiger partial charge >= 0.3 is 0 Å². The van der Waals surface area contributed by atoms with Crippen molar-refractivity contribution in [3.63, 3.8) is 0 Å². The zero-order chi connectivity index (χ0) is 11.5. The van der Waals surface area contributed by atoms with Crippen LogP contribution in [0.25, 0.3) is 0 Å². The van der Waals surface area contributed by atoms with Crippen LogP contribution >= 0.6 is 0 Å². The molecule has 0 amide bonds. The Labute approximate surface area is 91.4 Å². The molecule has 0 bridgehead atoms. The summed E-state index contributed by atoms with van der Waals surface area (Å²) in [5, 5.41) is 9.61. The maximum atomic E-state index is 11.5. The summed E-state index contributed by atoms with van der Waals surface area (Å²) in [4.78, 5) is 0. The third-order valence-corrected chi connectivity index (χ3v) is 3.82. The van der Waals surface area contributed by atoms with Crippen LogP contribution in [0, 0.1) is 0 Å². The number of aliphatic hydroxyl groups excluding tert-OH is 1. The van der Waals surface area contributed by atoms with Gasteiger partial charge < -0.3 is 5.11 Å². The SMILES string of the molecule is CC(C)NS(=O)(=O)NC1CCCCC1O. The van der Waals surface area contributed by atoms with E-state index in [0.717, 1.165) is 12.8 Å². The highest BCUT2D eigenvalue weighted by atomic mass is 32.2. The fraction of sp³-hybridized carbons (Fsp3) is 1.00. The summed E-state index contributed by atoms with van der Waals surface area (Å²) in [6.07, 6.45) is 2.76. The van der Waals surface area contributed by atoms with Crippen molar-refractivity contribution < 1.29 is 13.5 Å². The first kappa shape index (κ1) is 12.9. The van der Waals surface area contributed by atoms with Crippen LogP contribution in [0.5, 0.6) is 0 Å². The lowest BCUT2D eigenvalue weighted by atomic mass is 9.93. The van der Waals surface area contributed by atoms with E-state index in [-0.39, 0.29) is 12.1 Å². The fourth-order valence-corrected chi connectivity index (χ4v) is 3.15. The highest BCUT2D eigenvalue weighted by Crippen LogP contribution is 2.18. The largest absolute Gasteiger partial charge is 0.391 e. The molecule has 0 heterocycles. The molecule has 15 heavy (non-hydrogen) atoms. The lowest BCUT2D eigenvalue weighted by Crippen LogP contribution is -2.50. The Bertz CT molecular complexity index is 290. The van der Waals surface area contributed by atoms with E-state index < -0.39 is 16.3 Å². The molecule has 1 fully saturated rings. The minimum atomic E-state index is -3.47. The molecule has 2 unspecified atom stereocenters. The molecular formula is C9H20N2O3S. The van der Waals surface area contributed by atoms with Crippen molar-refractivity contribution in [1.82, 2.24) is 9.44 Å². The monoisotopic (exact) mass is 236 g/mol. The van der Waals surface area contributed by atoms with Gasteiger partial charge in [-0.05, 0) is 26.7 Å². The molecule has 0 spiro atoms. The van der Waals surface area contributed by atoms with Crippen LogP contribution in [0.4, 0.5) is 0 Å². The molecule has 5 nitrogen and oxygen atoms in total. The topological polar surface area (TPSA) is 78.4 Å². The van der Waals surface area contributed by atoms with Gasteiger partial charge in [-0.2, -0.15) is 17.9 Å². The Kier molecular flexibility index (Phi) is 4.51. The fourth-order valence-electron chi connectivity index (χ4n) is 1.79. The summed E-state index contributed by atoms with van der Waals surface area (Å²) >= 11 is 0. The number of aliphatic hydroxyl groups is 1. The average Bonchev–Trinajstić information content (AvgIpc) is 2.06. The summed E-state index contributed by atoms with van der Waals surface area (Å²) < 4.78 is 28.0. The highest BCUT2D eigenvalue weighted by molar-refractivity contribution is 7.87. The van der Waals surface area contributed by atoms with Crippen molar-refractivity contribution in [3.05, 3.63) is 0 Å². The molecule has 0 saturated heterocycles. The molecule has 0 aromatic rings. The van der Waals surface area contributed by atoms with Gasteiger partial charge in [-0.25, -0.2) is 0 Å². The second kappa shape index (κ2) is 5.25. The zero-order valence-corrected chi connectivity index (χ0v) is 10.0. The van der Waals surface area contributed by atoms with Crippen LogP contribution in [0.1, 0.15) is 39.5 Å². The third kappa shape index (κ3) is 4.46. The van der Waals surface area contributed by atoms with E-state index in [1.165, 1.54) is 0 Å². The van der Waals surface area contributed by atoms with Crippen LogP contribution in [0.2, 0.25) is 0 Å². The number of rotatable bonds is 4. The molecule has 6 heteroatoms. The smallest absolute Gasteiger partial charge is 0.277 e. The van der Waals surface area contributed by atoms with E-state index in [1.54, 1.807) is 13.8 Å². The molecule has 1 aliphatic carbocycles. The molecule has 0 aromatic heterocycles. The molecule has 2 atom stereocenters. The summed E-state index contributed by atoms with van der Waals surface area (Å²) in [6, 6.07) is -0.474. The van der Waals surface area contributed by atoms with Crippen molar-refractivity contribution in [2.24, 2.45) is 0 Å². The predicted octanol–water partition coefficient (Wildman–Crippen LogP) is 0.122. The Morgan fingerprint density at radius 2 is 1.87 bits per heavy atom. The molecule has 1 aliphatic rings. The van der Waals surface area contributed by atoms with Crippen LogP contribution in [-0.4, -0.2) is 31.7 Å². The lowest BCUT2D eigenvalue weighted by Gasteiger charge is -2.28. The van der Waals surface area contributed by atoms with Crippen molar-refractivity contribution in [1.29, 1.82) is 0 Å². The van der Waals surface area contributed by atoms with E-state index in [0.29, 0.717) is 12.8 Å². The lowest BCUT2D eigenvalue weighted by molar-refractivity contribution is 0.101. The normalized spacial score (nSPS) is 28.3. The van der Waals surface area contributed by atoms with Gasteiger partial charge in [-0.3, -0.25) is 0 Å². The van der Waals surface area contributed by atoms with Crippen LogP contribution < -0.4 is 9.44 Å². The van der Waals surface area contributed by atoms with Crippen molar-refractivity contribution in [3.8, 4) is 0 Å². The molecule has 0 radical (unpaired) electrons. The van der Waals surface area contributed by atoms with Crippen molar-refractivity contribution in [2.75, 3.05) is 0 Å². The summed E-state index contributed by atoms with van der Waals surface area (Å²) in [6.45, 7) is 3.52. The number of nitrogens with one attached hydrogen (secondary N) is 2. The van der Waals surface area contributed by atoms with E-state index in [9.17, 15) is 13.5 Å². The standard InChI is InChI=1S/C9H20N2O3S/c1-7(2)10-15(13,14)11-8-5-3-4-6-9(8)12/h7-12H,3-6H2,1-2H3. The van der Waals surface area contributed by atoms with Gasteiger partial charge in [-0.1, -0.05) is 12.8 Å². The molecule has 1 saturated carbocycles. The minimum absolute atomic E-state index is 0.136. The van der Waals surface area contributed by atoms with E-state index in [2.05, 4.69) is 9.44 Å². The number of hydrogen-bond acceptors (Lipinski definition) is 3. The molecule has 0 aromatic carbocycles. The van der Waals surface area contributed by atoms with Gasteiger partial charge in [0.05, 0.1) is 6.10 Å². The summed E-state index contributed by atoms with van der Waals surface area (Å²) in [5.74, 6) is 0. The van der Waals surface area contributed by atoms with Crippen LogP contribution in [0.3, 0.4) is 0 Å². The molecule has 1 rings (SSSR count). The van der Waals surface area contributed by atoms with E-state index in [4.69, 9.17) is 0 Å². The van der Waals surface area contributed by atoms with Gasteiger partial charge in [0.1, 0.15) is 0 Å². The van der Waals surface area contributed by atoms with E-state index >= 15 is 0 Å². The van der Waals surface area contributed by atoms with Gasteiger partial charge in [0.25, 0.3) is 10.2 Å². The van der Waals surface area contributed by atoms with Crippen LogP contribution in [-0.2, 0) is 10.2 Å². The first-order chi connectivity index (χ1) is 6.91. The van der Waals surface area contributed by atoms with Gasteiger partial charge in [-0.15, -0.1) is 0 Å². The predicted molar refractivity (Wildman–Crippen MR) is 58.6 cm³/mol. The third-order valence-electron chi connectivity index (χ3n) is 2.43. The highest BCUT2D eigenvalue weighted by Gasteiger charge is 2.27. The Morgan fingerprint density at radius 3 is 2.40 bits per heavy atom. The van der Waals surface area contributed by atoms with Crippen LogP contribution in [0.15, 0.2) is 0 Å². The number of hydrogen-bond donors (Lipinski definition) is 3. The van der Waals surface area contributed by atoms with Gasteiger partial charge in [0, 0.05) is 12.1 Å². The Balaban J connectivity index is 2.52. The zero-order valence-electron chi connectivity index (χ0n) is 9.23. The second-order valence-electron chi connectivity index (χ2n) is 4.35. The minimum Gasteiger partial charge on any atom is -0.391 e. The molecular weight excluding hydrogens is 216 g/mol. The first-order valence-electron chi connectivity index (χ1n) is 5.38. The maximum Gasteiger partial charge on any atom is 0.277 e. The Hall–Kier alpha value is -0.170. The quantitative estimate of drug-likeness (QED) is 0.649. The van der Waals surface area contributed by atoms with Gasteiger partial charge in [0.15, 0.2) is 0 Å². The van der Waals surface area contributed by atoms with E-state index in [1.807, 2.05) is 0 Å². The maximum absolute atomic E-state index is 11.5. The van der Waals surface area contributed by atoms with Crippen molar-refractivity contribution >= 4 is 10.2 Å². The average molecular weight is 236 g/mol. The molecule has 0 aliphatic heterocycles. The molecule has 3 N–H and O–H groups in total. The molecule has 90 valence electrons. The summed E-state index contributed by atoms with van der Waals surface area (Å²) in [7, 11) is -3.47. The van der Waals surface area contributed by atoms with Gasteiger partial charge in [0.2, 0.25) is 0 Å². The Morgan fingerprint density at radius 1 is 1.27 bits per heavy atom. The second-order valence-corrected chi connectivity index (χ2v) is 5.83.